The van der Waals surface area contributed by atoms with Crippen LogP contribution >= 0.6 is 36.4 Å². The number of amides is 1. The Morgan fingerprint density at radius 1 is 1.00 bits per heavy atom. The topological polar surface area (TPSA) is 124 Å². The molecule has 4 aromatic rings. The zero-order chi connectivity index (χ0) is 26.9. The summed E-state index contributed by atoms with van der Waals surface area (Å²) in [6.07, 6.45) is 1.41. The number of para-hydroxylation sites is 1. The number of carbonyl (C=O) groups excluding carboxylic acids is 1. The first-order chi connectivity index (χ1) is 18.5. The highest BCUT2D eigenvalue weighted by Crippen LogP contribution is 2.30. The van der Waals surface area contributed by atoms with E-state index in [9.17, 15) is 15.0 Å². The van der Waals surface area contributed by atoms with Crippen molar-refractivity contribution in [2.45, 2.75) is 18.6 Å². The fourth-order valence-electron chi connectivity index (χ4n) is 4.10. The molecule has 0 aliphatic rings. The van der Waals surface area contributed by atoms with E-state index in [0.29, 0.717) is 45.0 Å². The van der Waals surface area contributed by atoms with Crippen LogP contribution in [-0.4, -0.2) is 58.6 Å². The van der Waals surface area contributed by atoms with Crippen LogP contribution in [0.5, 0.6) is 11.5 Å². The van der Waals surface area contributed by atoms with E-state index in [1.807, 2.05) is 36.4 Å². The highest BCUT2D eigenvalue weighted by molar-refractivity contribution is 6.30. The van der Waals surface area contributed by atoms with Crippen LogP contribution < -0.4 is 15.4 Å². The van der Waals surface area contributed by atoms with Crippen LogP contribution in [-0.2, 0) is 6.42 Å². The Balaban J connectivity index is 0.00000280. The van der Waals surface area contributed by atoms with Gasteiger partial charge in [0.25, 0.3) is 5.91 Å². The standard InChI is InChI=1S/C29H30ClN3O5.2ClH/c30-21-4-1-3-20(16-21)26(36)17-33-22(18-35)15-19-7-9-23(10-8-19)38-27-11-12-31-28-24(27)5-2-6-25(28)29(37)32-13-14-34;;/h1-12,16,22,26,33-36H,13-15,17-18H2,(H,32,37);2*1H/t22-,26-;;/m0../s1. The van der Waals surface area contributed by atoms with Gasteiger partial charge in [-0.1, -0.05) is 41.9 Å². The quantitative estimate of drug-likeness (QED) is 0.161. The Morgan fingerprint density at radius 2 is 1.75 bits per heavy atom. The van der Waals surface area contributed by atoms with Crippen LogP contribution in [0.1, 0.15) is 27.6 Å². The van der Waals surface area contributed by atoms with Gasteiger partial charge in [0.2, 0.25) is 0 Å². The van der Waals surface area contributed by atoms with Crippen LogP contribution in [0.15, 0.2) is 79.0 Å². The minimum atomic E-state index is -0.741. The smallest absolute Gasteiger partial charge is 0.253 e. The molecule has 11 heteroatoms. The Labute approximate surface area is 250 Å². The zero-order valence-corrected chi connectivity index (χ0v) is 23.9. The number of aliphatic hydroxyl groups excluding tert-OH is 3. The molecular formula is C29H32Cl3N3O5. The number of hydrogen-bond donors (Lipinski definition) is 5. The molecule has 0 saturated carbocycles. The summed E-state index contributed by atoms with van der Waals surface area (Å²) in [5.41, 5.74) is 2.61. The third-order valence-electron chi connectivity index (χ3n) is 6.06. The number of hydrogen-bond acceptors (Lipinski definition) is 7. The largest absolute Gasteiger partial charge is 0.457 e. The number of carbonyl (C=O) groups is 1. The molecule has 0 saturated heterocycles. The van der Waals surface area contributed by atoms with Crippen molar-refractivity contribution in [2.75, 3.05) is 26.3 Å². The summed E-state index contributed by atoms with van der Waals surface area (Å²) in [4.78, 5) is 16.8. The van der Waals surface area contributed by atoms with Gasteiger partial charge in [-0.15, -0.1) is 24.8 Å². The number of benzene rings is 3. The van der Waals surface area contributed by atoms with E-state index in [1.54, 1.807) is 42.6 Å². The minimum absolute atomic E-state index is 0. The second-order valence-corrected chi connectivity index (χ2v) is 9.24. The summed E-state index contributed by atoms with van der Waals surface area (Å²) in [5.74, 6) is 0.858. The number of pyridine rings is 1. The number of ether oxygens (including phenoxy) is 1. The molecule has 0 fully saturated rings. The van der Waals surface area contributed by atoms with Crippen LogP contribution in [0.4, 0.5) is 0 Å². The van der Waals surface area contributed by atoms with Crippen molar-refractivity contribution in [3.8, 4) is 11.5 Å². The highest BCUT2D eigenvalue weighted by atomic mass is 35.5. The molecule has 40 heavy (non-hydrogen) atoms. The molecule has 2 atom stereocenters. The Bertz CT molecular complexity index is 1370. The maximum absolute atomic E-state index is 12.5. The first-order valence-corrected chi connectivity index (χ1v) is 12.7. The van der Waals surface area contributed by atoms with Crippen molar-refractivity contribution in [1.29, 1.82) is 0 Å². The average molecular weight is 609 g/mol. The molecule has 4 rings (SSSR count). The van der Waals surface area contributed by atoms with Crippen molar-refractivity contribution in [3.63, 3.8) is 0 Å². The third-order valence-corrected chi connectivity index (χ3v) is 6.30. The van der Waals surface area contributed by atoms with Gasteiger partial charge in [0.15, 0.2) is 0 Å². The molecule has 214 valence electrons. The second kappa shape index (κ2) is 16.3. The van der Waals surface area contributed by atoms with E-state index in [-0.39, 0.29) is 63.1 Å². The molecule has 5 N–H and O–H groups in total. The van der Waals surface area contributed by atoms with E-state index in [2.05, 4.69) is 15.6 Å². The lowest BCUT2D eigenvalue weighted by Crippen LogP contribution is -2.37. The maximum Gasteiger partial charge on any atom is 0.253 e. The van der Waals surface area contributed by atoms with E-state index < -0.39 is 6.10 Å². The van der Waals surface area contributed by atoms with Crippen LogP contribution in [0, 0.1) is 0 Å². The van der Waals surface area contributed by atoms with E-state index in [0.717, 1.165) is 5.56 Å². The molecule has 8 nitrogen and oxygen atoms in total. The fourth-order valence-corrected chi connectivity index (χ4v) is 4.30. The number of nitrogens with zero attached hydrogens (tertiary/aromatic N) is 1. The third kappa shape index (κ3) is 8.78. The molecule has 0 spiro atoms. The van der Waals surface area contributed by atoms with Crippen LogP contribution in [0.3, 0.4) is 0 Å². The SMILES string of the molecule is Cl.Cl.O=C(NCCO)c1cccc2c(Oc3ccc(C[C@@H](CO)NC[C@H](O)c4cccc(Cl)c4)cc3)ccnc12. The highest BCUT2D eigenvalue weighted by Gasteiger charge is 2.15. The number of halogens is 3. The van der Waals surface area contributed by atoms with Crippen molar-refractivity contribution >= 4 is 53.2 Å². The van der Waals surface area contributed by atoms with Crippen LogP contribution in [0.2, 0.25) is 5.02 Å². The second-order valence-electron chi connectivity index (χ2n) is 8.80. The Morgan fingerprint density at radius 3 is 2.45 bits per heavy atom. The van der Waals surface area contributed by atoms with Crippen LogP contribution in [0.25, 0.3) is 10.9 Å². The summed E-state index contributed by atoms with van der Waals surface area (Å²) in [5, 5.41) is 36.4. The van der Waals surface area contributed by atoms with Crippen molar-refractivity contribution < 1.29 is 24.9 Å². The lowest BCUT2D eigenvalue weighted by molar-refractivity contribution is 0.0946. The minimum Gasteiger partial charge on any atom is -0.457 e. The summed E-state index contributed by atoms with van der Waals surface area (Å²) in [7, 11) is 0. The van der Waals surface area contributed by atoms with Gasteiger partial charge in [-0.05, 0) is 60.0 Å². The van der Waals surface area contributed by atoms with E-state index >= 15 is 0 Å². The van der Waals surface area contributed by atoms with Gasteiger partial charge in [0, 0.05) is 35.7 Å². The van der Waals surface area contributed by atoms with Gasteiger partial charge in [-0.3, -0.25) is 9.78 Å². The average Bonchev–Trinajstić information content (AvgIpc) is 2.94. The lowest BCUT2D eigenvalue weighted by atomic mass is 10.0. The summed E-state index contributed by atoms with van der Waals surface area (Å²) >= 11 is 6.01. The molecule has 1 aromatic heterocycles. The van der Waals surface area contributed by atoms with Gasteiger partial charge in [0.1, 0.15) is 11.5 Å². The number of aliphatic hydroxyl groups is 3. The van der Waals surface area contributed by atoms with Gasteiger partial charge < -0.3 is 30.7 Å². The van der Waals surface area contributed by atoms with Crippen molar-refractivity contribution in [3.05, 3.63) is 101 Å². The Kier molecular flexibility index (Phi) is 13.6. The molecule has 0 aliphatic carbocycles. The summed E-state index contributed by atoms with van der Waals surface area (Å²) < 4.78 is 6.11. The number of fused-ring (bicyclic) bond motifs is 1. The normalized spacial score (nSPS) is 12.1. The molecule has 0 aliphatic heterocycles. The van der Waals surface area contributed by atoms with Gasteiger partial charge >= 0.3 is 0 Å². The Hall–Kier alpha value is -2.95. The van der Waals surface area contributed by atoms with E-state index in [4.69, 9.17) is 21.4 Å². The van der Waals surface area contributed by atoms with Gasteiger partial charge in [-0.25, -0.2) is 0 Å². The van der Waals surface area contributed by atoms with Crippen molar-refractivity contribution in [1.82, 2.24) is 15.6 Å². The molecule has 3 aromatic carbocycles. The number of aromatic nitrogens is 1. The van der Waals surface area contributed by atoms with Crippen molar-refractivity contribution in [2.24, 2.45) is 0 Å². The molecule has 0 radical (unpaired) electrons. The molecule has 0 unspecified atom stereocenters. The zero-order valence-electron chi connectivity index (χ0n) is 21.5. The predicted octanol–water partition coefficient (Wildman–Crippen LogP) is 4.47. The van der Waals surface area contributed by atoms with Gasteiger partial charge in [-0.2, -0.15) is 0 Å². The lowest BCUT2D eigenvalue weighted by Gasteiger charge is -2.19. The summed E-state index contributed by atoms with van der Waals surface area (Å²) in [6.45, 7) is 0.209. The number of rotatable bonds is 12. The molecule has 1 amide bonds. The van der Waals surface area contributed by atoms with Gasteiger partial charge in [0.05, 0.1) is 30.4 Å². The van der Waals surface area contributed by atoms with E-state index in [1.165, 1.54) is 0 Å². The first-order valence-electron chi connectivity index (χ1n) is 12.3. The predicted molar refractivity (Wildman–Crippen MR) is 161 cm³/mol. The molecule has 0 bridgehead atoms. The fraction of sp³-hybridized carbons (Fsp3) is 0.241. The molecule has 1 heterocycles. The monoisotopic (exact) mass is 607 g/mol. The first kappa shape index (κ1) is 33.3. The number of nitrogens with one attached hydrogen (secondary N) is 2. The maximum atomic E-state index is 12.5. The summed E-state index contributed by atoms with van der Waals surface area (Å²) in [6, 6.07) is 21.4. The molecular weight excluding hydrogens is 577 g/mol.